The Labute approximate surface area is 178 Å². The standard InChI is InChI=1S/C22H23N3O4S/c1-13-20(14(2)25(24-13)17-8-6-5-7-9-17)22(28)29-15(3)21(27)19-11-10-18(30-19)12-23-16(4)26/h5-11,15H,12H2,1-4H3,(H,23,26). The maximum atomic E-state index is 12.8. The van der Waals surface area contributed by atoms with Crippen LogP contribution in [0.2, 0.25) is 0 Å². The van der Waals surface area contributed by atoms with E-state index in [0.29, 0.717) is 28.4 Å². The van der Waals surface area contributed by atoms with Gasteiger partial charge in [-0.2, -0.15) is 5.10 Å². The Morgan fingerprint density at radius 1 is 1.13 bits per heavy atom. The van der Waals surface area contributed by atoms with Crippen molar-refractivity contribution >= 4 is 29.0 Å². The lowest BCUT2D eigenvalue weighted by Gasteiger charge is -2.12. The second-order valence-corrected chi connectivity index (χ2v) is 8.05. The SMILES string of the molecule is CC(=O)NCc1ccc(C(=O)C(C)OC(=O)c2c(C)nn(-c3ccccc3)c2C)s1. The summed E-state index contributed by atoms with van der Waals surface area (Å²) < 4.78 is 7.15. The summed E-state index contributed by atoms with van der Waals surface area (Å²) in [5.41, 5.74) is 2.38. The zero-order valence-corrected chi connectivity index (χ0v) is 18.1. The largest absolute Gasteiger partial charge is 0.451 e. The number of esters is 1. The fraction of sp³-hybridized carbons (Fsp3) is 0.273. The molecule has 1 amide bonds. The number of carbonyl (C=O) groups is 3. The molecular weight excluding hydrogens is 402 g/mol. The number of thiophene rings is 1. The Balaban J connectivity index is 1.72. The number of para-hydroxylation sites is 1. The molecule has 0 fully saturated rings. The van der Waals surface area contributed by atoms with E-state index in [9.17, 15) is 14.4 Å². The number of aryl methyl sites for hydroxylation is 1. The quantitative estimate of drug-likeness (QED) is 0.461. The summed E-state index contributed by atoms with van der Waals surface area (Å²) >= 11 is 1.27. The van der Waals surface area contributed by atoms with Crippen molar-refractivity contribution in [1.82, 2.24) is 15.1 Å². The van der Waals surface area contributed by atoms with Crippen molar-refractivity contribution in [2.45, 2.75) is 40.3 Å². The molecule has 0 bridgehead atoms. The van der Waals surface area contributed by atoms with Crippen molar-refractivity contribution in [2.24, 2.45) is 0 Å². The molecule has 0 saturated heterocycles. The summed E-state index contributed by atoms with van der Waals surface area (Å²) in [5, 5.41) is 7.14. The molecule has 0 saturated carbocycles. The first kappa shape index (κ1) is 21.4. The van der Waals surface area contributed by atoms with Gasteiger partial charge in [-0.3, -0.25) is 9.59 Å². The van der Waals surface area contributed by atoms with Crippen LogP contribution in [0, 0.1) is 13.8 Å². The van der Waals surface area contributed by atoms with Crippen LogP contribution in [0.1, 0.15) is 50.1 Å². The van der Waals surface area contributed by atoms with E-state index in [2.05, 4.69) is 10.4 Å². The molecule has 8 heteroatoms. The maximum absolute atomic E-state index is 12.8. The van der Waals surface area contributed by atoms with E-state index in [-0.39, 0.29) is 11.7 Å². The lowest BCUT2D eigenvalue weighted by molar-refractivity contribution is -0.119. The van der Waals surface area contributed by atoms with E-state index < -0.39 is 12.1 Å². The van der Waals surface area contributed by atoms with Crippen LogP contribution in [0.4, 0.5) is 0 Å². The van der Waals surface area contributed by atoms with E-state index in [1.807, 2.05) is 30.3 Å². The van der Waals surface area contributed by atoms with Crippen molar-refractivity contribution in [2.75, 3.05) is 0 Å². The van der Waals surface area contributed by atoms with Gasteiger partial charge in [-0.25, -0.2) is 9.48 Å². The van der Waals surface area contributed by atoms with Gasteiger partial charge in [-0.15, -0.1) is 11.3 Å². The first-order chi connectivity index (χ1) is 14.3. The average molecular weight is 426 g/mol. The third kappa shape index (κ3) is 4.65. The van der Waals surface area contributed by atoms with Gasteiger partial charge in [0.2, 0.25) is 11.7 Å². The van der Waals surface area contributed by atoms with Gasteiger partial charge in [0.1, 0.15) is 5.56 Å². The van der Waals surface area contributed by atoms with Gasteiger partial charge in [-0.05, 0) is 45.0 Å². The second-order valence-electron chi connectivity index (χ2n) is 6.88. The molecule has 0 radical (unpaired) electrons. The molecule has 0 aliphatic carbocycles. The Hall–Kier alpha value is -3.26. The van der Waals surface area contributed by atoms with Gasteiger partial charge in [0.05, 0.1) is 28.5 Å². The second kappa shape index (κ2) is 9.04. The smallest absolute Gasteiger partial charge is 0.342 e. The topological polar surface area (TPSA) is 90.3 Å². The van der Waals surface area contributed by atoms with E-state index in [4.69, 9.17) is 4.74 Å². The fourth-order valence-electron chi connectivity index (χ4n) is 3.05. The van der Waals surface area contributed by atoms with Crippen LogP contribution in [0.25, 0.3) is 5.69 Å². The highest BCUT2D eigenvalue weighted by Gasteiger charge is 2.26. The minimum absolute atomic E-state index is 0.139. The lowest BCUT2D eigenvalue weighted by Crippen LogP contribution is -2.24. The van der Waals surface area contributed by atoms with Crippen molar-refractivity contribution in [1.29, 1.82) is 0 Å². The van der Waals surface area contributed by atoms with Crippen LogP contribution < -0.4 is 5.32 Å². The van der Waals surface area contributed by atoms with Gasteiger partial charge < -0.3 is 10.1 Å². The molecule has 7 nitrogen and oxygen atoms in total. The summed E-state index contributed by atoms with van der Waals surface area (Å²) in [6, 6.07) is 13.0. The number of Topliss-reactive ketones (excluding diaryl/α,β-unsaturated/α-hetero) is 1. The number of nitrogens with one attached hydrogen (secondary N) is 1. The highest BCUT2D eigenvalue weighted by atomic mass is 32.1. The Bertz CT molecular complexity index is 1090. The highest BCUT2D eigenvalue weighted by Crippen LogP contribution is 2.22. The van der Waals surface area contributed by atoms with Crippen LogP contribution in [-0.2, 0) is 16.1 Å². The minimum atomic E-state index is -0.941. The first-order valence-electron chi connectivity index (χ1n) is 9.48. The Kier molecular flexibility index (Phi) is 6.47. The van der Waals surface area contributed by atoms with E-state index in [0.717, 1.165) is 10.6 Å². The first-order valence-corrected chi connectivity index (χ1v) is 10.3. The predicted octanol–water partition coefficient (Wildman–Crippen LogP) is 3.61. The molecule has 3 aromatic rings. The zero-order chi connectivity index (χ0) is 21.8. The van der Waals surface area contributed by atoms with Gasteiger partial charge in [0.25, 0.3) is 0 Å². The van der Waals surface area contributed by atoms with Gasteiger partial charge in [-0.1, -0.05) is 18.2 Å². The molecule has 1 unspecified atom stereocenters. The average Bonchev–Trinajstić information content (AvgIpc) is 3.30. The molecular formula is C22H23N3O4S. The molecule has 3 rings (SSSR count). The normalized spacial score (nSPS) is 11.7. The number of hydrogen-bond acceptors (Lipinski definition) is 6. The summed E-state index contributed by atoms with van der Waals surface area (Å²) in [6.07, 6.45) is -0.941. The lowest BCUT2D eigenvalue weighted by atomic mass is 10.2. The maximum Gasteiger partial charge on any atom is 0.342 e. The van der Waals surface area contributed by atoms with Crippen LogP contribution in [-0.4, -0.2) is 33.5 Å². The molecule has 0 spiro atoms. The number of carbonyl (C=O) groups excluding carboxylic acids is 3. The number of nitrogens with zero attached hydrogens (tertiary/aromatic N) is 2. The summed E-state index contributed by atoms with van der Waals surface area (Å²) in [4.78, 5) is 37.8. The fourth-order valence-corrected chi connectivity index (χ4v) is 4.01. The molecule has 0 aliphatic heterocycles. The van der Waals surface area contributed by atoms with Crippen LogP contribution in [0.5, 0.6) is 0 Å². The number of ketones is 1. The number of ether oxygens (including phenoxy) is 1. The minimum Gasteiger partial charge on any atom is -0.451 e. The van der Waals surface area contributed by atoms with Gasteiger partial charge in [0, 0.05) is 11.8 Å². The Morgan fingerprint density at radius 2 is 1.83 bits per heavy atom. The third-order valence-corrected chi connectivity index (χ3v) is 5.67. The third-order valence-electron chi connectivity index (χ3n) is 4.57. The summed E-state index contributed by atoms with van der Waals surface area (Å²) in [6.45, 7) is 6.89. The molecule has 30 heavy (non-hydrogen) atoms. The molecule has 2 heterocycles. The highest BCUT2D eigenvalue weighted by molar-refractivity contribution is 7.14. The molecule has 1 N–H and O–H groups in total. The summed E-state index contributed by atoms with van der Waals surface area (Å²) in [5.74, 6) is -1.00. The number of amides is 1. The van der Waals surface area contributed by atoms with Crippen LogP contribution in [0.15, 0.2) is 42.5 Å². The molecule has 156 valence electrons. The van der Waals surface area contributed by atoms with Gasteiger partial charge in [0.15, 0.2) is 6.10 Å². The van der Waals surface area contributed by atoms with Crippen molar-refractivity contribution < 1.29 is 19.1 Å². The zero-order valence-electron chi connectivity index (χ0n) is 17.3. The number of aromatic nitrogens is 2. The van der Waals surface area contributed by atoms with Crippen molar-refractivity contribution in [3.8, 4) is 5.69 Å². The molecule has 0 aliphatic rings. The number of benzene rings is 1. The monoisotopic (exact) mass is 425 g/mol. The van der Waals surface area contributed by atoms with Gasteiger partial charge >= 0.3 is 5.97 Å². The van der Waals surface area contributed by atoms with Crippen LogP contribution in [0.3, 0.4) is 0 Å². The predicted molar refractivity (Wildman–Crippen MR) is 114 cm³/mol. The molecule has 2 aromatic heterocycles. The van der Waals surface area contributed by atoms with E-state index in [1.165, 1.54) is 18.3 Å². The summed E-state index contributed by atoms with van der Waals surface area (Å²) in [7, 11) is 0. The molecule has 1 aromatic carbocycles. The van der Waals surface area contributed by atoms with Crippen molar-refractivity contribution in [3.63, 3.8) is 0 Å². The number of rotatable bonds is 7. The van der Waals surface area contributed by atoms with Crippen LogP contribution >= 0.6 is 11.3 Å². The van der Waals surface area contributed by atoms with Crippen molar-refractivity contribution in [3.05, 3.63) is 69.2 Å². The van der Waals surface area contributed by atoms with E-state index in [1.54, 1.807) is 37.6 Å². The Morgan fingerprint density at radius 3 is 2.50 bits per heavy atom. The number of hydrogen-bond donors (Lipinski definition) is 1. The van der Waals surface area contributed by atoms with E-state index >= 15 is 0 Å². The molecule has 1 atom stereocenters.